The molecule has 0 spiro atoms. The van der Waals surface area contributed by atoms with Gasteiger partial charge < -0.3 is 10.1 Å². The lowest BCUT2D eigenvalue weighted by atomic mass is 10.0. The molecule has 98 valence electrons. The van der Waals surface area contributed by atoms with Crippen molar-refractivity contribution in [3.63, 3.8) is 0 Å². The Kier molecular flexibility index (Phi) is 4.61. The molecule has 2 rings (SSSR count). The second-order valence-electron chi connectivity index (χ2n) is 4.23. The topological polar surface area (TPSA) is 21.3 Å². The Morgan fingerprint density at radius 3 is 3.00 bits per heavy atom. The highest BCUT2D eigenvalue weighted by atomic mass is 35.5. The number of nitrogens with one attached hydrogen (secondary N) is 1. The molecule has 0 bridgehead atoms. The smallest absolute Gasteiger partial charge is 0.142 e. The van der Waals surface area contributed by atoms with Crippen LogP contribution in [0.1, 0.15) is 31.4 Å². The molecule has 1 aromatic rings. The number of allylic oxidation sites excluding steroid dienone is 1. The molecule has 0 aromatic heterocycles. The Hall–Kier alpha value is -1.06. The Morgan fingerprint density at radius 1 is 1.50 bits per heavy atom. The van der Waals surface area contributed by atoms with Gasteiger partial charge in [-0.3, -0.25) is 0 Å². The average Bonchev–Trinajstić information content (AvgIpc) is 2.41. The van der Waals surface area contributed by atoms with Gasteiger partial charge >= 0.3 is 0 Å². The molecule has 1 heterocycles. The maximum Gasteiger partial charge on any atom is 0.142 e. The van der Waals surface area contributed by atoms with E-state index < -0.39 is 5.82 Å². The van der Waals surface area contributed by atoms with Crippen LogP contribution in [0.2, 0.25) is 5.02 Å². The van der Waals surface area contributed by atoms with Gasteiger partial charge in [-0.05, 0) is 37.1 Å². The molecule has 1 N–H and O–H groups in total. The molecule has 0 saturated carbocycles. The van der Waals surface area contributed by atoms with Gasteiger partial charge in [-0.1, -0.05) is 30.7 Å². The molecule has 0 radical (unpaired) electrons. The van der Waals surface area contributed by atoms with E-state index in [9.17, 15) is 4.39 Å². The fraction of sp³-hybridized carbons (Fsp3) is 0.429. The minimum absolute atomic E-state index is 0.165. The third-order valence-corrected chi connectivity index (χ3v) is 3.35. The molecule has 2 nitrogen and oxygen atoms in total. The first-order valence-electron chi connectivity index (χ1n) is 6.24. The van der Waals surface area contributed by atoms with E-state index in [4.69, 9.17) is 16.3 Å². The van der Waals surface area contributed by atoms with E-state index in [0.717, 1.165) is 30.7 Å². The van der Waals surface area contributed by atoms with E-state index in [2.05, 4.69) is 11.4 Å². The summed E-state index contributed by atoms with van der Waals surface area (Å²) >= 11 is 6.05. The molecule has 0 amide bonds. The SMILES string of the molecule is CCNC(C1=CCCCO1)c1cccc(F)c1Cl. The van der Waals surface area contributed by atoms with Crippen LogP contribution in [-0.2, 0) is 4.74 Å². The number of rotatable bonds is 4. The van der Waals surface area contributed by atoms with Gasteiger partial charge in [0.1, 0.15) is 11.6 Å². The summed E-state index contributed by atoms with van der Waals surface area (Å²) in [6.07, 6.45) is 4.07. The highest BCUT2D eigenvalue weighted by Crippen LogP contribution is 2.32. The summed E-state index contributed by atoms with van der Waals surface area (Å²) in [5.41, 5.74) is 0.728. The first-order chi connectivity index (χ1) is 8.74. The molecule has 1 aromatic carbocycles. The lowest BCUT2D eigenvalue weighted by molar-refractivity contribution is 0.168. The van der Waals surface area contributed by atoms with Crippen LogP contribution in [0.5, 0.6) is 0 Å². The molecule has 1 atom stereocenters. The van der Waals surface area contributed by atoms with Crippen molar-refractivity contribution in [2.24, 2.45) is 0 Å². The zero-order valence-electron chi connectivity index (χ0n) is 10.4. The van der Waals surface area contributed by atoms with E-state index in [-0.39, 0.29) is 11.1 Å². The van der Waals surface area contributed by atoms with Gasteiger partial charge in [-0.15, -0.1) is 0 Å². The van der Waals surface area contributed by atoms with Crippen molar-refractivity contribution in [1.29, 1.82) is 0 Å². The van der Waals surface area contributed by atoms with E-state index in [1.54, 1.807) is 6.07 Å². The summed E-state index contributed by atoms with van der Waals surface area (Å²) in [4.78, 5) is 0. The van der Waals surface area contributed by atoms with Crippen LogP contribution in [0.3, 0.4) is 0 Å². The average molecular weight is 270 g/mol. The summed E-state index contributed by atoms with van der Waals surface area (Å²) in [7, 11) is 0. The zero-order valence-corrected chi connectivity index (χ0v) is 11.1. The second kappa shape index (κ2) is 6.21. The maximum atomic E-state index is 13.5. The highest BCUT2D eigenvalue weighted by molar-refractivity contribution is 6.31. The Balaban J connectivity index is 2.34. The van der Waals surface area contributed by atoms with Gasteiger partial charge in [0.25, 0.3) is 0 Å². The Bertz CT molecular complexity index is 447. The van der Waals surface area contributed by atoms with Crippen LogP contribution in [0.25, 0.3) is 0 Å². The number of benzene rings is 1. The van der Waals surface area contributed by atoms with Gasteiger partial charge in [0, 0.05) is 0 Å². The lowest BCUT2D eigenvalue weighted by Crippen LogP contribution is -2.25. The predicted molar refractivity (Wildman–Crippen MR) is 71.1 cm³/mol. The van der Waals surface area contributed by atoms with E-state index in [0.29, 0.717) is 6.61 Å². The molecule has 0 aliphatic carbocycles. The van der Waals surface area contributed by atoms with Crippen molar-refractivity contribution in [3.8, 4) is 0 Å². The standard InChI is InChI=1S/C14H17ClFNO/c1-2-17-14(12-8-3-4-9-18-12)10-6-5-7-11(16)13(10)15/h5-8,14,17H,2-4,9H2,1H3. The molecule has 1 unspecified atom stereocenters. The fourth-order valence-corrected chi connectivity index (χ4v) is 2.32. The quantitative estimate of drug-likeness (QED) is 0.897. The third-order valence-electron chi connectivity index (χ3n) is 2.95. The van der Waals surface area contributed by atoms with E-state index >= 15 is 0 Å². The molecule has 0 saturated heterocycles. The molecule has 1 aliphatic rings. The van der Waals surface area contributed by atoms with Crippen LogP contribution >= 0.6 is 11.6 Å². The van der Waals surface area contributed by atoms with E-state index in [1.807, 2.05) is 13.0 Å². The molecule has 0 fully saturated rings. The number of likely N-dealkylation sites (N-methyl/N-ethyl adjacent to an activating group) is 1. The summed E-state index contributed by atoms with van der Waals surface area (Å²) in [6, 6.07) is 4.70. The number of hydrogen-bond acceptors (Lipinski definition) is 2. The largest absolute Gasteiger partial charge is 0.496 e. The lowest BCUT2D eigenvalue weighted by Gasteiger charge is -2.25. The van der Waals surface area contributed by atoms with E-state index in [1.165, 1.54) is 6.07 Å². The third kappa shape index (κ3) is 2.85. The van der Waals surface area contributed by atoms with Crippen LogP contribution in [-0.4, -0.2) is 13.2 Å². The monoisotopic (exact) mass is 269 g/mol. The fourth-order valence-electron chi connectivity index (χ4n) is 2.09. The molecule has 1 aliphatic heterocycles. The minimum atomic E-state index is -0.395. The van der Waals surface area contributed by atoms with Crippen molar-refractivity contribution < 1.29 is 9.13 Å². The minimum Gasteiger partial charge on any atom is -0.496 e. The number of hydrogen-bond donors (Lipinski definition) is 1. The second-order valence-corrected chi connectivity index (χ2v) is 4.61. The summed E-state index contributed by atoms with van der Waals surface area (Å²) in [6.45, 7) is 3.47. The zero-order chi connectivity index (χ0) is 13.0. The van der Waals surface area contributed by atoms with Crippen molar-refractivity contribution in [2.45, 2.75) is 25.8 Å². The Morgan fingerprint density at radius 2 is 2.33 bits per heavy atom. The number of ether oxygens (including phenoxy) is 1. The normalized spacial score (nSPS) is 16.9. The van der Waals surface area contributed by atoms with Gasteiger partial charge in [-0.2, -0.15) is 0 Å². The molecule has 18 heavy (non-hydrogen) atoms. The summed E-state index contributed by atoms with van der Waals surface area (Å²) < 4.78 is 19.2. The van der Waals surface area contributed by atoms with Crippen molar-refractivity contribution in [3.05, 3.63) is 46.4 Å². The summed E-state index contributed by atoms with van der Waals surface area (Å²) in [5, 5.41) is 3.46. The summed E-state index contributed by atoms with van der Waals surface area (Å²) in [5.74, 6) is 0.448. The van der Waals surface area contributed by atoms with Crippen molar-refractivity contribution in [1.82, 2.24) is 5.32 Å². The van der Waals surface area contributed by atoms with Crippen molar-refractivity contribution in [2.75, 3.05) is 13.2 Å². The van der Waals surface area contributed by atoms with Gasteiger partial charge in [0.15, 0.2) is 0 Å². The van der Waals surface area contributed by atoms with Crippen LogP contribution in [0.15, 0.2) is 30.0 Å². The van der Waals surface area contributed by atoms with Crippen LogP contribution in [0, 0.1) is 5.82 Å². The Labute approximate surface area is 112 Å². The first kappa shape index (κ1) is 13.4. The van der Waals surface area contributed by atoms with Crippen molar-refractivity contribution >= 4 is 11.6 Å². The van der Waals surface area contributed by atoms with Crippen LogP contribution < -0.4 is 5.32 Å². The molecular formula is C14H17ClFNO. The maximum absolute atomic E-state index is 13.5. The molecular weight excluding hydrogens is 253 g/mol. The number of halogens is 2. The van der Waals surface area contributed by atoms with Gasteiger partial charge in [0.05, 0.1) is 17.7 Å². The molecule has 4 heteroatoms. The van der Waals surface area contributed by atoms with Gasteiger partial charge in [0.2, 0.25) is 0 Å². The first-order valence-corrected chi connectivity index (χ1v) is 6.62. The van der Waals surface area contributed by atoms with Crippen LogP contribution in [0.4, 0.5) is 4.39 Å². The highest BCUT2D eigenvalue weighted by Gasteiger charge is 2.22. The predicted octanol–water partition coefficient (Wildman–Crippen LogP) is 3.82. The van der Waals surface area contributed by atoms with Gasteiger partial charge in [-0.25, -0.2) is 4.39 Å².